The van der Waals surface area contributed by atoms with Crippen molar-refractivity contribution in [2.45, 2.75) is 0 Å². The van der Waals surface area contributed by atoms with E-state index in [0.717, 1.165) is 0 Å². The predicted octanol–water partition coefficient (Wildman–Crippen LogP) is 2.69. The van der Waals surface area contributed by atoms with E-state index in [1.54, 1.807) is 6.07 Å². The van der Waals surface area contributed by atoms with Gasteiger partial charge in [-0.15, -0.1) is 0 Å². The fraction of sp³-hybridized carbons (Fsp3) is 0. The Morgan fingerprint density at radius 1 is 1.38 bits per heavy atom. The van der Waals surface area contributed by atoms with Crippen LogP contribution >= 0.6 is 11.6 Å². The van der Waals surface area contributed by atoms with E-state index >= 15 is 0 Å². The van der Waals surface area contributed by atoms with Crippen LogP contribution in [0.25, 0.3) is 10.9 Å². The Hall–Kier alpha value is -1.35. The molecule has 0 saturated heterocycles. The Labute approximate surface area is 78.3 Å². The van der Waals surface area contributed by atoms with Crippen molar-refractivity contribution in [3.8, 4) is 0 Å². The second kappa shape index (κ2) is 2.85. The van der Waals surface area contributed by atoms with Gasteiger partial charge in [-0.1, -0.05) is 0 Å². The van der Waals surface area contributed by atoms with Crippen LogP contribution in [0.2, 0.25) is 0 Å². The van der Waals surface area contributed by atoms with Gasteiger partial charge in [0.15, 0.2) is 0 Å². The molecule has 0 amide bonds. The minimum Gasteiger partial charge on any atom is -0.351 e. The molecule has 0 aliphatic rings. The third-order valence-corrected chi connectivity index (χ3v) is 2.00. The van der Waals surface area contributed by atoms with Crippen LogP contribution < -0.4 is 0 Å². The number of benzene rings is 1. The molecule has 2 nitrogen and oxygen atoms in total. The molecular formula is C9H5ClFNO. The summed E-state index contributed by atoms with van der Waals surface area (Å²) in [5.41, 5.74) is 0.979. The molecule has 0 aliphatic heterocycles. The monoisotopic (exact) mass is 197 g/mol. The molecular weight excluding hydrogens is 193 g/mol. The van der Waals surface area contributed by atoms with E-state index < -0.39 is 5.24 Å². The number of aromatic nitrogens is 1. The van der Waals surface area contributed by atoms with Crippen LogP contribution in [0, 0.1) is 5.82 Å². The lowest BCUT2D eigenvalue weighted by atomic mass is 10.2. The zero-order chi connectivity index (χ0) is 9.42. The predicted molar refractivity (Wildman–Crippen MR) is 48.4 cm³/mol. The SMILES string of the molecule is O=C(Cl)c1cc2cc(F)ccc2[nH]1. The fourth-order valence-corrected chi connectivity index (χ4v) is 1.31. The lowest BCUT2D eigenvalue weighted by Crippen LogP contribution is -1.85. The maximum absolute atomic E-state index is 12.7. The van der Waals surface area contributed by atoms with Gasteiger partial charge in [0.05, 0.1) is 5.69 Å². The molecule has 13 heavy (non-hydrogen) atoms. The summed E-state index contributed by atoms with van der Waals surface area (Å²) in [5, 5.41) is 0.0700. The van der Waals surface area contributed by atoms with Gasteiger partial charge in [-0.05, 0) is 35.9 Å². The molecule has 0 atom stereocenters. The van der Waals surface area contributed by atoms with Crippen molar-refractivity contribution in [3.05, 3.63) is 35.8 Å². The van der Waals surface area contributed by atoms with E-state index in [1.807, 2.05) is 0 Å². The van der Waals surface area contributed by atoms with Gasteiger partial charge in [-0.3, -0.25) is 4.79 Å². The second-order valence-corrected chi connectivity index (χ2v) is 3.03. The van der Waals surface area contributed by atoms with Gasteiger partial charge in [0.1, 0.15) is 5.82 Å². The summed E-state index contributed by atoms with van der Waals surface area (Å²) in [4.78, 5) is 13.5. The first-order valence-corrected chi connectivity index (χ1v) is 4.03. The van der Waals surface area contributed by atoms with Crippen LogP contribution in [0.4, 0.5) is 4.39 Å². The van der Waals surface area contributed by atoms with Crippen LogP contribution in [-0.2, 0) is 0 Å². The third-order valence-electron chi connectivity index (χ3n) is 1.79. The Bertz CT molecular complexity index is 477. The Balaban J connectivity index is 2.68. The topological polar surface area (TPSA) is 32.9 Å². The number of fused-ring (bicyclic) bond motifs is 1. The summed E-state index contributed by atoms with van der Waals surface area (Å²) in [6.45, 7) is 0. The summed E-state index contributed by atoms with van der Waals surface area (Å²) >= 11 is 5.25. The van der Waals surface area contributed by atoms with E-state index in [1.165, 1.54) is 18.2 Å². The van der Waals surface area contributed by atoms with E-state index in [0.29, 0.717) is 10.9 Å². The average molecular weight is 198 g/mol. The molecule has 1 aromatic heterocycles. The Kier molecular flexibility index (Phi) is 1.81. The molecule has 2 rings (SSSR count). The van der Waals surface area contributed by atoms with Crippen molar-refractivity contribution in [2.75, 3.05) is 0 Å². The Morgan fingerprint density at radius 2 is 2.15 bits per heavy atom. The molecule has 4 heteroatoms. The lowest BCUT2D eigenvalue weighted by molar-refractivity contribution is 0.107. The second-order valence-electron chi connectivity index (χ2n) is 2.69. The molecule has 0 aliphatic carbocycles. The van der Waals surface area contributed by atoms with Crippen LogP contribution in [-0.4, -0.2) is 10.2 Å². The molecule has 0 saturated carbocycles. The highest BCUT2D eigenvalue weighted by molar-refractivity contribution is 6.67. The summed E-state index contributed by atoms with van der Waals surface area (Å²) in [6, 6.07) is 5.75. The van der Waals surface area contributed by atoms with E-state index in [2.05, 4.69) is 4.98 Å². The van der Waals surface area contributed by atoms with Gasteiger partial charge in [-0.2, -0.15) is 0 Å². The molecule has 0 bridgehead atoms. The van der Waals surface area contributed by atoms with E-state index in [4.69, 9.17) is 11.6 Å². The largest absolute Gasteiger partial charge is 0.351 e. The normalized spacial score (nSPS) is 10.6. The average Bonchev–Trinajstić information content (AvgIpc) is 2.46. The molecule has 1 heterocycles. The van der Waals surface area contributed by atoms with Crippen molar-refractivity contribution in [1.82, 2.24) is 4.98 Å². The van der Waals surface area contributed by atoms with Gasteiger partial charge < -0.3 is 4.98 Å². The smallest absolute Gasteiger partial charge is 0.268 e. The highest BCUT2D eigenvalue weighted by Gasteiger charge is 2.06. The summed E-state index contributed by atoms with van der Waals surface area (Å²) in [5.74, 6) is -0.333. The van der Waals surface area contributed by atoms with Gasteiger partial charge in [-0.25, -0.2) is 4.39 Å². The number of H-pyrrole nitrogens is 1. The number of hydrogen-bond acceptors (Lipinski definition) is 1. The first-order chi connectivity index (χ1) is 6.16. The number of carbonyl (C=O) groups excluding carboxylic acids is 1. The fourth-order valence-electron chi connectivity index (χ4n) is 1.21. The van der Waals surface area contributed by atoms with Gasteiger partial charge in [0.25, 0.3) is 5.24 Å². The van der Waals surface area contributed by atoms with Crippen molar-refractivity contribution in [3.63, 3.8) is 0 Å². The van der Waals surface area contributed by atoms with Crippen molar-refractivity contribution < 1.29 is 9.18 Å². The molecule has 1 N–H and O–H groups in total. The van der Waals surface area contributed by atoms with Gasteiger partial charge in [0.2, 0.25) is 0 Å². The van der Waals surface area contributed by atoms with Crippen molar-refractivity contribution in [1.29, 1.82) is 0 Å². The molecule has 0 spiro atoms. The first kappa shape index (κ1) is 8.26. The van der Waals surface area contributed by atoms with Crippen molar-refractivity contribution in [2.24, 2.45) is 0 Å². The molecule has 0 fully saturated rings. The van der Waals surface area contributed by atoms with Gasteiger partial charge in [0, 0.05) is 10.9 Å². The number of aromatic amines is 1. The minimum atomic E-state index is -0.573. The van der Waals surface area contributed by atoms with Gasteiger partial charge >= 0.3 is 0 Å². The number of halogens is 2. The zero-order valence-electron chi connectivity index (χ0n) is 6.47. The minimum absolute atomic E-state index is 0.280. The van der Waals surface area contributed by atoms with Crippen LogP contribution in [0.1, 0.15) is 10.5 Å². The maximum Gasteiger partial charge on any atom is 0.268 e. The molecule has 0 unspecified atom stereocenters. The molecule has 66 valence electrons. The molecule has 1 aromatic carbocycles. The highest BCUT2D eigenvalue weighted by Crippen LogP contribution is 2.17. The summed E-state index contributed by atoms with van der Waals surface area (Å²) in [7, 11) is 0. The molecule has 0 radical (unpaired) electrons. The standard InChI is InChI=1S/C9H5ClFNO/c10-9(13)8-4-5-3-6(11)1-2-7(5)12-8/h1-4,12H. The highest BCUT2D eigenvalue weighted by atomic mass is 35.5. The zero-order valence-corrected chi connectivity index (χ0v) is 7.23. The quantitative estimate of drug-likeness (QED) is 0.701. The summed E-state index contributed by atoms with van der Waals surface area (Å²) in [6.07, 6.45) is 0. The van der Waals surface area contributed by atoms with E-state index in [9.17, 15) is 9.18 Å². The van der Waals surface area contributed by atoms with E-state index in [-0.39, 0.29) is 11.5 Å². The number of nitrogens with one attached hydrogen (secondary N) is 1. The first-order valence-electron chi connectivity index (χ1n) is 3.65. The number of carbonyl (C=O) groups is 1. The van der Waals surface area contributed by atoms with Crippen LogP contribution in [0.5, 0.6) is 0 Å². The third kappa shape index (κ3) is 1.42. The van der Waals surface area contributed by atoms with Crippen LogP contribution in [0.15, 0.2) is 24.3 Å². The molecule has 2 aromatic rings. The maximum atomic E-state index is 12.7. The van der Waals surface area contributed by atoms with Crippen molar-refractivity contribution >= 4 is 27.7 Å². The number of hydrogen-bond donors (Lipinski definition) is 1. The van der Waals surface area contributed by atoms with Crippen LogP contribution in [0.3, 0.4) is 0 Å². The lowest BCUT2D eigenvalue weighted by Gasteiger charge is -1.87. The Morgan fingerprint density at radius 3 is 2.85 bits per heavy atom. The number of rotatable bonds is 1. The summed E-state index contributed by atoms with van der Waals surface area (Å²) < 4.78 is 12.7.